The highest BCUT2D eigenvalue weighted by molar-refractivity contribution is 6.35. The molecule has 146 valence electrons. The number of furan rings is 1. The largest absolute Gasteiger partial charge is 0.459 e. The van der Waals surface area contributed by atoms with Crippen molar-refractivity contribution in [3.63, 3.8) is 0 Å². The Morgan fingerprint density at radius 2 is 1.64 bits per heavy atom. The number of morpholine rings is 1. The zero-order chi connectivity index (χ0) is 19.5. The van der Waals surface area contributed by atoms with E-state index in [-0.39, 0.29) is 0 Å². The van der Waals surface area contributed by atoms with Crippen LogP contribution in [-0.2, 0) is 11.3 Å². The molecule has 3 aromatic rings. The minimum atomic E-state index is 0.543. The van der Waals surface area contributed by atoms with Gasteiger partial charge in [0.15, 0.2) is 0 Å². The third kappa shape index (κ3) is 4.58. The second kappa shape index (κ2) is 8.66. The molecule has 1 aromatic heterocycles. The lowest BCUT2D eigenvalue weighted by molar-refractivity contribution is 0.122. The highest BCUT2D eigenvalue weighted by Gasteiger charge is 2.14. The lowest BCUT2D eigenvalue weighted by atomic mass is 10.2. The van der Waals surface area contributed by atoms with Gasteiger partial charge in [-0.3, -0.25) is 0 Å². The Kier molecular flexibility index (Phi) is 6.02. The first kappa shape index (κ1) is 19.5. The SMILES string of the molecule is Clc1cc(Cl)cc(-c2ccc(CNc3ccc(N4CCOCC4)c(Cl)c3)o2)c1. The van der Waals surface area contributed by atoms with E-state index in [1.54, 1.807) is 6.07 Å². The van der Waals surface area contributed by atoms with Crippen LogP contribution in [0.5, 0.6) is 0 Å². The van der Waals surface area contributed by atoms with Gasteiger partial charge >= 0.3 is 0 Å². The lowest BCUT2D eigenvalue weighted by Crippen LogP contribution is -2.36. The molecule has 0 unspecified atom stereocenters. The van der Waals surface area contributed by atoms with Crippen molar-refractivity contribution in [1.29, 1.82) is 0 Å². The monoisotopic (exact) mass is 436 g/mol. The predicted molar refractivity (Wildman–Crippen MR) is 116 cm³/mol. The van der Waals surface area contributed by atoms with Crippen molar-refractivity contribution in [3.8, 4) is 11.3 Å². The van der Waals surface area contributed by atoms with Crippen LogP contribution in [0.15, 0.2) is 52.9 Å². The van der Waals surface area contributed by atoms with Crippen LogP contribution in [0.3, 0.4) is 0 Å². The van der Waals surface area contributed by atoms with Crippen LogP contribution in [0.1, 0.15) is 5.76 Å². The van der Waals surface area contributed by atoms with Gasteiger partial charge in [-0.15, -0.1) is 0 Å². The van der Waals surface area contributed by atoms with Gasteiger partial charge in [0.1, 0.15) is 11.5 Å². The molecule has 0 radical (unpaired) electrons. The third-order valence-electron chi connectivity index (χ3n) is 4.57. The Morgan fingerprint density at radius 1 is 0.893 bits per heavy atom. The normalized spacial score (nSPS) is 14.3. The van der Waals surface area contributed by atoms with E-state index in [9.17, 15) is 0 Å². The van der Waals surface area contributed by atoms with Crippen LogP contribution in [0.25, 0.3) is 11.3 Å². The summed E-state index contributed by atoms with van der Waals surface area (Å²) in [6.45, 7) is 3.72. The number of hydrogen-bond donors (Lipinski definition) is 1. The van der Waals surface area contributed by atoms with E-state index >= 15 is 0 Å². The molecule has 0 amide bonds. The second-order valence-corrected chi connectivity index (χ2v) is 7.82. The Balaban J connectivity index is 1.42. The molecular formula is C21H19Cl3N2O2. The van der Waals surface area contributed by atoms with Crippen molar-refractivity contribution in [1.82, 2.24) is 0 Å². The minimum absolute atomic E-state index is 0.543. The molecule has 0 bridgehead atoms. The van der Waals surface area contributed by atoms with E-state index in [0.29, 0.717) is 16.6 Å². The molecule has 1 aliphatic rings. The average molecular weight is 438 g/mol. The van der Waals surface area contributed by atoms with Gasteiger partial charge in [0, 0.05) is 34.4 Å². The van der Waals surface area contributed by atoms with Crippen molar-refractivity contribution < 1.29 is 9.15 Å². The molecule has 4 rings (SSSR count). The maximum Gasteiger partial charge on any atom is 0.134 e. The fourth-order valence-corrected chi connectivity index (χ4v) is 4.02. The number of hydrogen-bond acceptors (Lipinski definition) is 4. The molecule has 0 saturated carbocycles. The van der Waals surface area contributed by atoms with Gasteiger partial charge in [-0.25, -0.2) is 0 Å². The molecule has 2 aromatic carbocycles. The molecule has 1 aliphatic heterocycles. The maximum atomic E-state index is 6.49. The molecule has 1 N–H and O–H groups in total. The highest BCUT2D eigenvalue weighted by Crippen LogP contribution is 2.31. The molecule has 4 nitrogen and oxygen atoms in total. The Labute approximate surface area is 178 Å². The zero-order valence-electron chi connectivity index (χ0n) is 15.1. The van der Waals surface area contributed by atoms with Gasteiger partial charge in [0.25, 0.3) is 0 Å². The summed E-state index contributed by atoms with van der Waals surface area (Å²) in [6.07, 6.45) is 0. The average Bonchev–Trinajstić information content (AvgIpc) is 3.15. The van der Waals surface area contributed by atoms with Crippen molar-refractivity contribution >= 4 is 46.2 Å². The summed E-state index contributed by atoms with van der Waals surface area (Å²) in [7, 11) is 0. The Bertz CT molecular complexity index is 948. The maximum absolute atomic E-state index is 6.49. The highest BCUT2D eigenvalue weighted by atomic mass is 35.5. The van der Waals surface area contributed by atoms with Gasteiger partial charge in [0.2, 0.25) is 0 Å². The van der Waals surface area contributed by atoms with Gasteiger partial charge in [-0.2, -0.15) is 0 Å². The number of benzene rings is 2. The first-order chi connectivity index (χ1) is 13.6. The number of nitrogens with one attached hydrogen (secondary N) is 1. The summed E-state index contributed by atoms with van der Waals surface area (Å²) < 4.78 is 11.3. The summed E-state index contributed by atoms with van der Waals surface area (Å²) in [5.41, 5.74) is 2.82. The van der Waals surface area contributed by atoms with Crippen LogP contribution in [0.2, 0.25) is 15.1 Å². The van der Waals surface area contributed by atoms with Crippen molar-refractivity contribution in [2.45, 2.75) is 6.54 Å². The first-order valence-electron chi connectivity index (χ1n) is 9.00. The predicted octanol–water partition coefficient (Wildman–Crippen LogP) is 6.36. The number of anilines is 2. The molecule has 1 saturated heterocycles. The van der Waals surface area contributed by atoms with Gasteiger partial charge in [-0.05, 0) is 48.5 Å². The third-order valence-corrected chi connectivity index (χ3v) is 5.31. The van der Waals surface area contributed by atoms with Crippen molar-refractivity contribution in [3.05, 3.63) is 69.4 Å². The Morgan fingerprint density at radius 3 is 2.36 bits per heavy atom. The summed E-state index contributed by atoms with van der Waals surface area (Å²) in [5, 5.41) is 5.22. The van der Waals surface area contributed by atoms with Crippen molar-refractivity contribution in [2.24, 2.45) is 0 Å². The van der Waals surface area contributed by atoms with Crippen LogP contribution < -0.4 is 10.2 Å². The molecule has 0 atom stereocenters. The quantitative estimate of drug-likeness (QED) is 0.504. The lowest BCUT2D eigenvalue weighted by Gasteiger charge is -2.29. The minimum Gasteiger partial charge on any atom is -0.459 e. The number of ether oxygens (including phenoxy) is 1. The summed E-state index contributed by atoms with van der Waals surface area (Å²) in [4.78, 5) is 2.24. The van der Waals surface area contributed by atoms with Crippen LogP contribution in [0.4, 0.5) is 11.4 Å². The summed E-state index contributed by atoms with van der Waals surface area (Å²) in [6, 6.07) is 15.2. The molecule has 28 heavy (non-hydrogen) atoms. The molecule has 0 aliphatic carbocycles. The van der Waals surface area contributed by atoms with Crippen molar-refractivity contribution in [2.75, 3.05) is 36.5 Å². The van der Waals surface area contributed by atoms with Crippen LogP contribution in [0, 0.1) is 0 Å². The standard InChI is InChI=1S/C21H19Cl3N2O2/c22-15-9-14(10-16(23)11-15)21-4-2-18(28-21)13-25-17-1-3-20(19(24)12-17)26-5-7-27-8-6-26/h1-4,9-12,25H,5-8,13H2. The van der Waals surface area contributed by atoms with Crippen LogP contribution >= 0.6 is 34.8 Å². The van der Waals surface area contributed by atoms with E-state index < -0.39 is 0 Å². The number of rotatable bonds is 5. The molecule has 2 heterocycles. The number of nitrogens with zero attached hydrogens (tertiary/aromatic N) is 1. The zero-order valence-corrected chi connectivity index (χ0v) is 17.3. The van der Waals surface area contributed by atoms with E-state index in [2.05, 4.69) is 10.2 Å². The van der Waals surface area contributed by atoms with Crippen LogP contribution in [-0.4, -0.2) is 26.3 Å². The molecule has 1 fully saturated rings. The fraction of sp³-hybridized carbons (Fsp3) is 0.238. The van der Waals surface area contributed by atoms with E-state index in [1.165, 1.54) is 0 Å². The van der Waals surface area contributed by atoms with E-state index in [0.717, 1.165) is 59.8 Å². The molecular weight excluding hydrogens is 419 g/mol. The van der Waals surface area contributed by atoms with Gasteiger partial charge in [0.05, 0.1) is 30.5 Å². The van der Waals surface area contributed by atoms with Gasteiger partial charge < -0.3 is 19.4 Å². The smallest absolute Gasteiger partial charge is 0.134 e. The summed E-state index contributed by atoms with van der Waals surface area (Å²) in [5.74, 6) is 1.53. The summed E-state index contributed by atoms with van der Waals surface area (Å²) >= 11 is 18.6. The molecule has 0 spiro atoms. The topological polar surface area (TPSA) is 37.6 Å². The number of halogens is 3. The second-order valence-electron chi connectivity index (χ2n) is 6.54. The van der Waals surface area contributed by atoms with E-state index in [1.807, 2.05) is 42.5 Å². The first-order valence-corrected chi connectivity index (χ1v) is 10.1. The van der Waals surface area contributed by atoms with Gasteiger partial charge in [-0.1, -0.05) is 34.8 Å². The fourth-order valence-electron chi connectivity index (χ4n) is 3.19. The molecule has 7 heteroatoms. The Hall–Kier alpha value is -1.85. The van der Waals surface area contributed by atoms with E-state index in [4.69, 9.17) is 44.0 Å².